The number of nitrogens with zero attached hydrogens (tertiary/aromatic N) is 2. The van der Waals surface area contributed by atoms with Crippen molar-refractivity contribution in [3.63, 3.8) is 0 Å². The van der Waals surface area contributed by atoms with E-state index in [-0.39, 0.29) is 17.9 Å². The first-order valence-corrected chi connectivity index (χ1v) is 5.43. The van der Waals surface area contributed by atoms with Crippen LogP contribution in [-0.2, 0) is 11.3 Å². The van der Waals surface area contributed by atoms with Gasteiger partial charge in [0.1, 0.15) is 12.4 Å². The fourth-order valence-corrected chi connectivity index (χ4v) is 1.47. The van der Waals surface area contributed by atoms with Crippen LogP contribution >= 0.6 is 0 Å². The number of aromatic nitrogens is 2. The minimum Gasteiger partial charge on any atom is -0.397 e. The van der Waals surface area contributed by atoms with Gasteiger partial charge in [0.25, 0.3) is 5.56 Å². The highest BCUT2D eigenvalue weighted by Gasteiger charge is 2.08. The quantitative estimate of drug-likeness (QED) is 0.793. The summed E-state index contributed by atoms with van der Waals surface area (Å²) in [5.74, 6) is -1.03. The molecule has 7 heteroatoms. The lowest BCUT2D eigenvalue weighted by atomic mass is 10.2. The molecule has 0 atom stereocenters. The summed E-state index contributed by atoms with van der Waals surface area (Å²) in [4.78, 5) is 23.1. The molecule has 1 aromatic heterocycles. The minimum absolute atomic E-state index is 0.161. The molecule has 6 nitrogen and oxygen atoms in total. The van der Waals surface area contributed by atoms with Gasteiger partial charge in [0.05, 0.1) is 11.4 Å². The van der Waals surface area contributed by atoms with E-state index in [9.17, 15) is 14.0 Å². The lowest BCUT2D eigenvalue weighted by Gasteiger charge is -2.08. The number of nitrogen functional groups attached to an aromatic ring is 1. The van der Waals surface area contributed by atoms with Crippen molar-refractivity contribution in [2.45, 2.75) is 6.54 Å². The Morgan fingerprint density at radius 2 is 2.21 bits per heavy atom. The molecule has 0 unspecified atom stereocenters. The largest absolute Gasteiger partial charge is 0.397 e. The van der Waals surface area contributed by atoms with Gasteiger partial charge < -0.3 is 11.1 Å². The van der Waals surface area contributed by atoms with Crippen LogP contribution in [0.15, 0.2) is 41.3 Å². The van der Waals surface area contributed by atoms with Crippen molar-refractivity contribution in [3.05, 3.63) is 52.7 Å². The van der Waals surface area contributed by atoms with Crippen LogP contribution in [0.3, 0.4) is 0 Å². The van der Waals surface area contributed by atoms with E-state index in [4.69, 9.17) is 5.73 Å². The summed E-state index contributed by atoms with van der Waals surface area (Å²) in [6, 6.07) is 6.40. The van der Waals surface area contributed by atoms with Crippen LogP contribution in [0.25, 0.3) is 0 Å². The maximum absolute atomic E-state index is 13.0. The second-order valence-electron chi connectivity index (χ2n) is 3.80. The van der Waals surface area contributed by atoms with E-state index in [1.807, 2.05) is 0 Å². The summed E-state index contributed by atoms with van der Waals surface area (Å²) in [7, 11) is 0. The van der Waals surface area contributed by atoms with Gasteiger partial charge in [0, 0.05) is 12.3 Å². The van der Waals surface area contributed by atoms with E-state index in [2.05, 4.69) is 10.4 Å². The molecule has 1 aromatic carbocycles. The van der Waals surface area contributed by atoms with Crippen molar-refractivity contribution in [3.8, 4) is 0 Å². The maximum atomic E-state index is 13.0. The fraction of sp³-hybridized carbons (Fsp3) is 0.0833. The van der Waals surface area contributed by atoms with Gasteiger partial charge in [-0.2, -0.15) is 5.10 Å². The van der Waals surface area contributed by atoms with Gasteiger partial charge in [-0.3, -0.25) is 9.59 Å². The first-order chi connectivity index (χ1) is 9.06. The molecule has 0 bridgehead atoms. The molecule has 2 aromatic rings. The monoisotopic (exact) mass is 262 g/mol. The number of carbonyl (C=O) groups is 1. The van der Waals surface area contributed by atoms with Crippen LogP contribution in [0.2, 0.25) is 0 Å². The molecular formula is C12H11FN4O2. The summed E-state index contributed by atoms with van der Waals surface area (Å²) >= 11 is 0. The lowest BCUT2D eigenvalue weighted by molar-refractivity contribution is -0.117. The van der Waals surface area contributed by atoms with E-state index in [0.717, 1.165) is 10.7 Å². The molecule has 19 heavy (non-hydrogen) atoms. The number of anilines is 2. The number of hydrogen-bond donors (Lipinski definition) is 2. The average molecular weight is 262 g/mol. The molecule has 0 aliphatic rings. The number of hydrogen-bond acceptors (Lipinski definition) is 4. The Bertz CT molecular complexity index is 669. The third kappa shape index (κ3) is 3.15. The first-order valence-electron chi connectivity index (χ1n) is 5.43. The average Bonchev–Trinajstić information content (AvgIpc) is 2.37. The zero-order valence-corrected chi connectivity index (χ0v) is 9.84. The predicted octanol–water partition coefficient (Wildman–Crippen LogP) is 0.603. The number of benzene rings is 1. The SMILES string of the molecule is Nc1ccc(F)cc1NC(=O)Cn1ncccc1=O. The number of amides is 1. The molecule has 2 rings (SSSR count). The van der Waals surface area contributed by atoms with Gasteiger partial charge in [-0.15, -0.1) is 0 Å². The minimum atomic E-state index is -0.516. The third-order valence-electron chi connectivity index (χ3n) is 2.37. The van der Waals surface area contributed by atoms with Crippen LogP contribution in [0.1, 0.15) is 0 Å². The van der Waals surface area contributed by atoms with Gasteiger partial charge in [-0.05, 0) is 24.3 Å². The maximum Gasteiger partial charge on any atom is 0.267 e. The van der Waals surface area contributed by atoms with E-state index >= 15 is 0 Å². The highest BCUT2D eigenvalue weighted by Crippen LogP contribution is 2.18. The Labute approximate surface area is 107 Å². The van der Waals surface area contributed by atoms with E-state index < -0.39 is 17.3 Å². The standard InChI is InChI=1S/C12H11FN4O2/c13-8-3-4-9(14)10(6-8)16-11(18)7-17-12(19)2-1-5-15-17/h1-6H,7,14H2,(H,16,18). The van der Waals surface area contributed by atoms with Crippen LogP contribution < -0.4 is 16.6 Å². The smallest absolute Gasteiger partial charge is 0.267 e. The third-order valence-corrected chi connectivity index (χ3v) is 2.37. The number of halogens is 1. The summed E-state index contributed by atoms with van der Waals surface area (Å²) < 4.78 is 14.0. The molecule has 1 heterocycles. The lowest BCUT2D eigenvalue weighted by Crippen LogP contribution is -2.28. The number of nitrogens with two attached hydrogens (primary N) is 1. The Kier molecular flexibility index (Phi) is 3.56. The van der Waals surface area contributed by atoms with Crippen molar-refractivity contribution in [1.29, 1.82) is 0 Å². The van der Waals surface area contributed by atoms with Gasteiger partial charge >= 0.3 is 0 Å². The van der Waals surface area contributed by atoms with Crippen molar-refractivity contribution >= 4 is 17.3 Å². The molecule has 0 aliphatic carbocycles. The van der Waals surface area contributed by atoms with Crippen molar-refractivity contribution in [2.24, 2.45) is 0 Å². The number of rotatable bonds is 3. The van der Waals surface area contributed by atoms with Gasteiger partial charge in [-0.25, -0.2) is 9.07 Å². The van der Waals surface area contributed by atoms with Crippen LogP contribution in [0, 0.1) is 5.82 Å². The Hall–Kier alpha value is -2.70. The van der Waals surface area contributed by atoms with Crippen LogP contribution in [0.4, 0.5) is 15.8 Å². The van der Waals surface area contributed by atoms with Gasteiger partial charge in [-0.1, -0.05) is 0 Å². The predicted molar refractivity (Wildman–Crippen MR) is 67.9 cm³/mol. The van der Waals surface area contributed by atoms with E-state index in [1.165, 1.54) is 30.5 Å². The molecule has 0 fully saturated rings. The first kappa shape index (κ1) is 12.7. The molecule has 98 valence electrons. The number of nitrogens with one attached hydrogen (secondary N) is 1. The Balaban J connectivity index is 2.12. The summed E-state index contributed by atoms with van der Waals surface area (Å²) in [5.41, 5.74) is 5.60. The molecule has 0 saturated carbocycles. The second-order valence-corrected chi connectivity index (χ2v) is 3.80. The van der Waals surface area contributed by atoms with Crippen LogP contribution in [-0.4, -0.2) is 15.7 Å². The highest BCUT2D eigenvalue weighted by molar-refractivity contribution is 5.93. The van der Waals surface area contributed by atoms with Crippen molar-refractivity contribution in [1.82, 2.24) is 9.78 Å². The van der Waals surface area contributed by atoms with Gasteiger partial charge in [0.2, 0.25) is 5.91 Å². The fourth-order valence-electron chi connectivity index (χ4n) is 1.47. The van der Waals surface area contributed by atoms with E-state index in [1.54, 1.807) is 0 Å². The van der Waals surface area contributed by atoms with Gasteiger partial charge in [0.15, 0.2) is 0 Å². The zero-order chi connectivity index (χ0) is 13.8. The van der Waals surface area contributed by atoms with Crippen molar-refractivity contribution < 1.29 is 9.18 Å². The Morgan fingerprint density at radius 3 is 2.95 bits per heavy atom. The zero-order valence-electron chi connectivity index (χ0n) is 9.84. The second kappa shape index (κ2) is 5.30. The van der Waals surface area contributed by atoms with Crippen LogP contribution in [0.5, 0.6) is 0 Å². The summed E-state index contributed by atoms with van der Waals surface area (Å²) in [6.45, 7) is -0.268. The summed E-state index contributed by atoms with van der Waals surface area (Å²) in [5, 5.41) is 6.16. The molecule has 0 radical (unpaired) electrons. The van der Waals surface area contributed by atoms with E-state index in [0.29, 0.717) is 0 Å². The highest BCUT2D eigenvalue weighted by atomic mass is 19.1. The normalized spacial score (nSPS) is 10.2. The molecule has 0 saturated heterocycles. The topological polar surface area (TPSA) is 90.0 Å². The molecule has 3 N–H and O–H groups in total. The molecule has 0 aliphatic heterocycles. The molecular weight excluding hydrogens is 251 g/mol. The Morgan fingerprint density at radius 1 is 1.42 bits per heavy atom. The number of carbonyl (C=O) groups excluding carboxylic acids is 1. The molecule has 1 amide bonds. The van der Waals surface area contributed by atoms with Crippen molar-refractivity contribution in [2.75, 3.05) is 11.1 Å². The molecule has 0 spiro atoms. The summed E-state index contributed by atoms with van der Waals surface area (Å²) in [6.07, 6.45) is 1.39.